The van der Waals surface area contributed by atoms with Gasteiger partial charge in [-0.15, -0.1) is 0 Å². The maximum atomic E-state index is 11.9. The van der Waals surface area contributed by atoms with Crippen molar-refractivity contribution in [3.8, 4) is 5.75 Å². The van der Waals surface area contributed by atoms with Gasteiger partial charge in [0.2, 0.25) is 0 Å². The van der Waals surface area contributed by atoms with E-state index in [0.717, 1.165) is 25.0 Å². The standard InChI is InChI=1S/C23H27NO5/c1-3-17-7-10-20(24-16-17)6-5-13-29-21-11-8-18(9-12-21)14-19(15-22(25)26)23(27)28-4-2/h7-12,14,16H,3-6,13,15H2,1-2H3,(H,25,26)/b19-14+. The highest BCUT2D eigenvalue weighted by Gasteiger charge is 2.14. The number of aryl methyl sites for hydroxylation is 2. The Balaban J connectivity index is 1.87. The first-order chi connectivity index (χ1) is 14.0. The van der Waals surface area contributed by atoms with E-state index in [1.165, 1.54) is 11.6 Å². The van der Waals surface area contributed by atoms with Crippen LogP contribution in [-0.4, -0.2) is 35.2 Å². The van der Waals surface area contributed by atoms with Gasteiger partial charge in [-0.25, -0.2) is 4.79 Å². The van der Waals surface area contributed by atoms with E-state index in [1.807, 2.05) is 6.20 Å². The van der Waals surface area contributed by atoms with Gasteiger partial charge in [0.1, 0.15) is 5.75 Å². The number of carbonyl (C=O) groups is 2. The number of nitrogens with zero attached hydrogens (tertiary/aromatic N) is 1. The van der Waals surface area contributed by atoms with Gasteiger partial charge in [-0.3, -0.25) is 9.78 Å². The Hall–Kier alpha value is -3.15. The largest absolute Gasteiger partial charge is 0.494 e. The number of carboxylic acids is 1. The Bertz CT molecular complexity index is 825. The number of pyridine rings is 1. The molecule has 1 heterocycles. The minimum atomic E-state index is -1.08. The summed E-state index contributed by atoms with van der Waals surface area (Å²) in [6, 6.07) is 11.3. The third kappa shape index (κ3) is 7.78. The molecule has 0 aliphatic heterocycles. The molecule has 0 unspecified atom stereocenters. The van der Waals surface area contributed by atoms with E-state index in [1.54, 1.807) is 31.2 Å². The number of carboxylic acid groups (broad SMARTS) is 1. The summed E-state index contributed by atoms with van der Waals surface area (Å²) in [6.45, 7) is 4.55. The maximum Gasteiger partial charge on any atom is 0.334 e. The molecule has 0 amide bonds. The minimum absolute atomic E-state index is 0.106. The molecule has 0 fully saturated rings. The van der Waals surface area contributed by atoms with Gasteiger partial charge in [-0.2, -0.15) is 0 Å². The highest BCUT2D eigenvalue weighted by molar-refractivity contribution is 5.97. The van der Waals surface area contributed by atoms with Crippen LogP contribution < -0.4 is 4.74 Å². The van der Waals surface area contributed by atoms with Crippen LogP contribution in [0, 0.1) is 0 Å². The number of carbonyl (C=O) groups excluding carboxylic acids is 1. The maximum absolute atomic E-state index is 11.9. The molecule has 0 atom stereocenters. The summed E-state index contributed by atoms with van der Waals surface area (Å²) in [6.07, 6.45) is 5.75. The smallest absolute Gasteiger partial charge is 0.334 e. The molecule has 1 N–H and O–H groups in total. The van der Waals surface area contributed by atoms with E-state index in [9.17, 15) is 9.59 Å². The summed E-state index contributed by atoms with van der Waals surface area (Å²) in [5.74, 6) is -0.980. The zero-order chi connectivity index (χ0) is 21.1. The monoisotopic (exact) mass is 397 g/mol. The second kappa shape index (κ2) is 11.6. The quantitative estimate of drug-likeness (QED) is 0.349. The van der Waals surface area contributed by atoms with E-state index >= 15 is 0 Å². The molecule has 6 nitrogen and oxygen atoms in total. The van der Waals surface area contributed by atoms with Gasteiger partial charge in [-0.1, -0.05) is 25.1 Å². The van der Waals surface area contributed by atoms with E-state index < -0.39 is 11.9 Å². The minimum Gasteiger partial charge on any atom is -0.494 e. The Kier molecular flexibility index (Phi) is 8.89. The van der Waals surface area contributed by atoms with Gasteiger partial charge in [0.25, 0.3) is 0 Å². The second-order valence-corrected chi connectivity index (χ2v) is 6.49. The van der Waals surface area contributed by atoms with Crippen LogP contribution in [-0.2, 0) is 27.2 Å². The fraction of sp³-hybridized carbons (Fsp3) is 0.348. The number of aromatic nitrogens is 1. The van der Waals surface area contributed by atoms with E-state index in [4.69, 9.17) is 14.6 Å². The van der Waals surface area contributed by atoms with Crippen LogP contribution >= 0.6 is 0 Å². The normalized spacial score (nSPS) is 11.2. The second-order valence-electron chi connectivity index (χ2n) is 6.49. The molecule has 0 saturated heterocycles. The van der Waals surface area contributed by atoms with Gasteiger partial charge < -0.3 is 14.6 Å². The van der Waals surface area contributed by atoms with Crippen molar-refractivity contribution >= 4 is 18.0 Å². The molecule has 2 aromatic rings. The van der Waals surface area contributed by atoms with Crippen LogP contribution in [0.3, 0.4) is 0 Å². The lowest BCUT2D eigenvalue weighted by molar-refractivity contribution is -0.142. The summed E-state index contributed by atoms with van der Waals surface area (Å²) in [4.78, 5) is 27.3. The van der Waals surface area contributed by atoms with Crippen molar-refractivity contribution in [1.82, 2.24) is 4.98 Å². The first kappa shape index (κ1) is 22.1. The Labute approximate surface area is 171 Å². The molecule has 0 aliphatic rings. The molecule has 1 aromatic heterocycles. The predicted molar refractivity (Wildman–Crippen MR) is 111 cm³/mol. The molecule has 6 heteroatoms. The Morgan fingerprint density at radius 1 is 1.10 bits per heavy atom. The Morgan fingerprint density at radius 2 is 1.86 bits per heavy atom. The lowest BCUT2D eigenvalue weighted by Crippen LogP contribution is -2.11. The third-order valence-corrected chi connectivity index (χ3v) is 4.24. The molecule has 154 valence electrons. The molecule has 0 bridgehead atoms. The van der Waals surface area contributed by atoms with E-state index in [0.29, 0.717) is 17.9 Å². The van der Waals surface area contributed by atoms with Crippen LogP contribution in [0.5, 0.6) is 5.75 Å². The van der Waals surface area contributed by atoms with Crippen molar-refractivity contribution in [2.75, 3.05) is 13.2 Å². The average Bonchev–Trinajstić information content (AvgIpc) is 2.72. The number of hydrogen-bond donors (Lipinski definition) is 1. The van der Waals surface area contributed by atoms with Crippen molar-refractivity contribution in [1.29, 1.82) is 0 Å². The van der Waals surface area contributed by atoms with Crippen LogP contribution in [0.4, 0.5) is 0 Å². The summed E-state index contributed by atoms with van der Waals surface area (Å²) in [5, 5.41) is 8.98. The highest BCUT2D eigenvalue weighted by atomic mass is 16.5. The highest BCUT2D eigenvalue weighted by Crippen LogP contribution is 2.17. The van der Waals surface area contributed by atoms with Crippen molar-refractivity contribution < 1.29 is 24.2 Å². The molecule has 2 rings (SSSR count). The predicted octanol–water partition coefficient (Wildman–Crippen LogP) is 4.08. The lowest BCUT2D eigenvalue weighted by atomic mass is 10.1. The molecule has 0 saturated carbocycles. The van der Waals surface area contributed by atoms with Gasteiger partial charge in [0, 0.05) is 17.5 Å². The van der Waals surface area contributed by atoms with Crippen molar-refractivity contribution in [2.24, 2.45) is 0 Å². The molecule has 1 aromatic carbocycles. The van der Waals surface area contributed by atoms with E-state index in [-0.39, 0.29) is 18.6 Å². The number of esters is 1. The van der Waals surface area contributed by atoms with Crippen LogP contribution in [0.25, 0.3) is 6.08 Å². The SMILES string of the molecule is CCOC(=O)/C(=C/c1ccc(OCCCc2ccc(CC)cn2)cc1)CC(=O)O. The van der Waals surface area contributed by atoms with Crippen LogP contribution in [0.1, 0.15) is 43.5 Å². The van der Waals surface area contributed by atoms with Crippen molar-refractivity contribution in [3.63, 3.8) is 0 Å². The number of aliphatic carboxylic acids is 1. The summed E-state index contributed by atoms with van der Waals surface area (Å²) in [7, 11) is 0. The number of rotatable bonds is 11. The molecule has 0 radical (unpaired) electrons. The van der Waals surface area contributed by atoms with Gasteiger partial charge >= 0.3 is 11.9 Å². The molecule has 0 aliphatic carbocycles. The topological polar surface area (TPSA) is 85.7 Å². The third-order valence-electron chi connectivity index (χ3n) is 4.24. The number of benzene rings is 1. The van der Waals surface area contributed by atoms with Crippen LogP contribution in [0.2, 0.25) is 0 Å². The van der Waals surface area contributed by atoms with Gasteiger partial charge in [0.15, 0.2) is 0 Å². The number of hydrogen-bond acceptors (Lipinski definition) is 5. The summed E-state index contributed by atoms with van der Waals surface area (Å²) >= 11 is 0. The van der Waals surface area contributed by atoms with Crippen LogP contribution in [0.15, 0.2) is 48.2 Å². The molecular formula is C23H27NO5. The van der Waals surface area contributed by atoms with Gasteiger partial charge in [-0.05, 0) is 61.6 Å². The molecule has 0 spiro atoms. The molecular weight excluding hydrogens is 370 g/mol. The first-order valence-corrected chi connectivity index (χ1v) is 9.78. The van der Waals surface area contributed by atoms with Crippen molar-refractivity contribution in [3.05, 3.63) is 65.0 Å². The Morgan fingerprint density at radius 3 is 2.45 bits per heavy atom. The number of ether oxygens (including phenoxy) is 2. The molecule has 29 heavy (non-hydrogen) atoms. The fourth-order valence-electron chi connectivity index (χ4n) is 2.69. The zero-order valence-corrected chi connectivity index (χ0v) is 16.9. The fourth-order valence-corrected chi connectivity index (χ4v) is 2.69. The summed E-state index contributed by atoms with van der Waals surface area (Å²) < 4.78 is 10.7. The zero-order valence-electron chi connectivity index (χ0n) is 16.9. The van der Waals surface area contributed by atoms with Gasteiger partial charge in [0.05, 0.1) is 19.6 Å². The average molecular weight is 397 g/mol. The first-order valence-electron chi connectivity index (χ1n) is 9.78. The summed E-state index contributed by atoms with van der Waals surface area (Å²) in [5.41, 5.74) is 3.10. The lowest BCUT2D eigenvalue weighted by Gasteiger charge is -2.08. The van der Waals surface area contributed by atoms with E-state index in [2.05, 4.69) is 24.0 Å². The van der Waals surface area contributed by atoms with Crippen molar-refractivity contribution in [2.45, 2.75) is 39.5 Å².